The average molecular weight is 259 g/mol. The molecule has 0 saturated carbocycles. The van der Waals surface area contributed by atoms with Gasteiger partial charge in [0.05, 0.1) is 11.4 Å². The summed E-state index contributed by atoms with van der Waals surface area (Å²) < 4.78 is 23.7. The predicted molar refractivity (Wildman–Crippen MR) is 68.5 cm³/mol. The molecule has 1 aromatic rings. The first-order valence-corrected chi connectivity index (χ1v) is 7.86. The number of rotatable bonds is 7. The number of aromatic nitrogens is 2. The van der Waals surface area contributed by atoms with Gasteiger partial charge < -0.3 is 5.32 Å². The molecule has 0 aliphatic heterocycles. The zero-order valence-electron chi connectivity index (χ0n) is 10.7. The maximum atomic E-state index is 11.0. The summed E-state index contributed by atoms with van der Waals surface area (Å²) in [5, 5.41) is 7.64. The van der Waals surface area contributed by atoms with Crippen LogP contribution in [-0.2, 0) is 22.9 Å². The Bertz CT molecular complexity index is 437. The van der Waals surface area contributed by atoms with Crippen LogP contribution in [-0.4, -0.2) is 36.2 Å². The molecule has 0 unspecified atom stereocenters. The van der Waals surface area contributed by atoms with Gasteiger partial charge in [0.15, 0.2) is 0 Å². The molecule has 0 radical (unpaired) electrons. The molecule has 0 spiro atoms. The van der Waals surface area contributed by atoms with Crippen molar-refractivity contribution in [1.29, 1.82) is 0 Å². The Morgan fingerprint density at radius 3 is 2.76 bits per heavy atom. The van der Waals surface area contributed by atoms with Gasteiger partial charge >= 0.3 is 0 Å². The van der Waals surface area contributed by atoms with Gasteiger partial charge in [0.2, 0.25) is 0 Å². The van der Waals surface area contributed by atoms with Crippen LogP contribution in [0.15, 0.2) is 12.3 Å². The number of hydrogen-bond donors (Lipinski definition) is 1. The van der Waals surface area contributed by atoms with Crippen molar-refractivity contribution < 1.29 is 8.42 Å². The van der Waals surface area contributed by atoms with Crippen molar-refractivity contribution in [1.82, 2.24) is 15.1 Å². The fraction of sp³-hybridized carbons (Fsp3) is 0.727. The van der Waals surface area contributed by atoms with Gasteiger partial charge in [0.25, 0.3) is 0 Å². The largest absolute Gasteiger partial charge is 0.309 e. The molecule has 0 aromatic carbocycles. The molecule has 6 heteroatoms. The first-order valence-electron chi connectivity index (χ1n) is 5.80. The van der Waals surface area contributed by atoms with Crippen LogP contribution < -0.4 is 5.32 Å². The summed E-state index contributed by atoms with van der Waals surface area (Å²) in [7, 11) is -2.86. The number of nitrogens with zero attached hydrogens (tertiary/aromatic N) is 2. The van der Waals surface area contributed by atoms with Crippen molar-refractivity contribution >= 4 is 9.84 Å². The van der Waals surface area contributed by atoms with E-state index < -0.39 is 9.84 Å². The van der Waals surface area contributed by atoms with Gasteiger partial charge in [-0.1, -0.05) is 13.8 Å². The van der Waals surface area contributed by atoms with E-state index in [1.807, 2.05) is 12.3 Å². The summed E-state index contributed by atoms with van der Waals surface area (Å²) in [6.45, 7) is 5.57. The first-order chi connectivity index (χ1) is 7.87. The first kappa shape index (κ1) is 14.2. The Kier molecular flexibility index (Phi) is 5.14. The number of aryl methyl sites for hydroxylation is 1. The van der Waals surface area contributed by atoms with E-state index in [0.717, 1.165) is 12.2 Å². The molecule has 17 heavy (non-hydrogen) atoms. The normalized spacial score (nSPS) is 12.2. The quantitative estimate of drug-likeness (QED) is 0.787. The summed E-state index contributed by atoms with van der Waals surface area (Å²) in [6.07, 6.45) is 3.76. The topological polar surface area (TPSA) is 64.0 Å². The molecule has 0 aliphatic rings. The van der Waals surface area contributed by atoms with E-state index in [9.17, 15) is 8.42 Å². The Morgan fingerprint density at radius 1 is 1.47 bits per heavy atom. The zero-order valence-corrected chi connectivity index (χ0v) is 11.5. The lowest BCUT2D eigenvalue weighted by molar-refractivity contribution is 0.551. The molecule has 1 N–H and O–H groups in total. The SMILES string of the molecule is CC(C)NCc1ccn(CCCS(C)(=O)=O)n1. The molecule has 0 amide bonds. The Morgan fingerprint density at radius 2 is 2.18 bits per heavy atom. The van der Waals surface area contributed by atoms with E-state index in [0.29, 0.717) is 19.0 Å². The van der Waals surface area contributed by atoms with Crippen molar-refractivity contribution in [3.8, 4) is 0 Å². The van der Waals surface area contributed by atoms with E-state index in [2.05, 4.69) is 24.3 Å². The van der Waals surface area contributed by atoms with Crippen molar-refractivity contribution in [3.63, 3.8) is 0 Å². The molecule has 0 fully saturated rings. The van der Waals surface area contributed by atoms with Crippen molar-refractivity contribution in [2.45, 2.75) is 39.4 Å². The van der Waals surface area contributed by atoms with Crippen LogP contribution in [0.25, 0.3) is 0 Å². The summed E-state index contributed by atoms with van der Waals surface area (Å²) >= 11 is 0. The minimum Gasteiger partial charge on any atom is -0.309 e. The zero-order chi connectivity index (χ0) is 12.9. The van der Waals surface area contributed by atoms with Crippen LogP contribution in [0.5, 0.6) is 0 Å². The average Bonchev–Trinajstić information content (AvgIpc) is 2.61. The smallest absolute Gasteiger partial charge is 0.147 e. The van der Waals surface area contributed by atoms with E-state index in [1.165, 1.54) is 6.26 Å². The van der Waals surface area contributed by atoms with Gasteiger partial charge in [-0.25, -0.2) is 8.42 Å². The molecule has 0 aliphatic carbocycles. The second kappa shape index (κ2) is 6.16. The minimum absolute atomic E-state index is 0.215. The highest BCUT2D eigenvalue weighted by Gasteiger charge is 2.03. The molecule has 98 valence electrons. The van der Waals surface area contributed by atoms with Gasteiger partial charge in [-0.2, -0.15) is 5.10 Å². The van der Waals surface area contributed by atoms with E-state index in [1.54, 1.807) is 4.68 Å². The molecule has 0 bridgehead atoms. The monoisotopic (exact) mass is 259 g/mol. The standard InChI is InChI=1S/C11H21N3O2S/c1-10(2)12-9-11-5-7-14(13-11)6-4-8-17(3,15)16/h5,7,10,12H,4,6,8-9H2,1-3H3. The van der Waals surface area contributed by atoms with Gasteiger partial charge in [-0.05, 0) is 12.5 Å². The third-order valence-electron chi connectivity index (χ3n) is 2.29. The van der Waals surface area contributed by atoms with Gasteiger partial charge in [-0.15, -0.1) is 0 Å². The summed E-state index contributed by atoms with van der Waals surface area (Å²) in [4.78, 5) is 0. The van der Waals surface area contributed by atoms with Crippen LogP contribution in [0.3, 0.4) is 0 Å². The lowest BCUT2D eigenvalue weighted by atomic mass is 10.3. The molecule has 1 aromatic heterocycles. The Labute approximate surface area is 103 Å². The predicted octanol–water partition coefficient (Wildman–Crippen LogP) is 0.816. The van der Waals surface area contributed by atoms with Crippen LogP contribution in [0.2, 0.25) is 0 Å². The molecular formula is C11H21N3O2S. The lowest BCUT2D eigenvalue weighted by Crippen LogP contribution is -2.22. The molecule has 0 atom stereocenters. The molecular weight excluding hydrogens is 238 g/mol. The fourth-order valence-electron chi connectivity index (χ4n) is 1.42. The maximum absolute atomic E-state index is 11.0. The number of nitrogens with one attached hydrogen (secondary N) is 1. The fourth-order valence-corrected chi connectivity index (χ4v) is 2.07. The Hall–Kier alpha value is -0.880. The van der Waals surface area contributed by atoms with Crippen molar-refractivity contribution in [2.75, 3.05) is 12.0 Å². The van der Waals surface area contributed by atoms with Gasteiger partial charge in [0.1, 0.15) is 9.84 Å². The lowest BCUT2D eigenvalue weighted by Gasteiger charge is -2.05. The summed E-state index contributed by atoms with van der Waals surface area (Å²) in [5.41, 5.74) is 0.984. The second-order valence-corrected chi connectivity index (χ2v) is 6.85. The molecule has 5 nitrogen and oxygen atoms in total. The highest BCUT2D eigenvalue weighted by molar-refractivity contribution is 7.90. The third-order valence-corrected chi connectivity index (χ3v) is 3.32. The van der Waals surface area contributed by atoms with E-state index in [4.69, 9.17) is 0 Å². The van der Waals surface area contributed by atoms with Crippen LogP contribution >= 0.6 is 0 Å². The Balaban J connectivity index is 2.35. The molecule has 1 heterocycles. The second-order valence-electron chi connectivity index (χ2n) is 4.59. The van der Waals surface area contributed by atoms with Crippen LogP contribution in [0, 0.1) is 0 Å². The number of hydrogen-bond acceptors (Lipinski definition) is 4. The number of sulfone groups is 1. The van der Waals surface area contributed by atoms with Gasteiger partial charge in [0, 0.05) is 31.6 Å². The third kappa shape index (κ3) is 6.43. The van der Waals surface area contributed by atoms with Gasteiger partial charge in [-0.3, -0.25) is 4.68 Å². The van der Waals surface area contributed by atoms with Crippen molar-refractivity contribution in [3.05, 3.63) is 18.0 Å². The summed E-state index contributed by atoms with van der Waals surface area (Å²) in [6, 6.07) is 2.39. The molecule has 0 saturated heterocycles. The highest BCUT2D eigenvalue weighted by Crippen LogP contribution is 1.99. The van der Waals surface area contributed by atoms with E-state index in [-0.39, 0.29) is 5.75 Å². The maximum Gasteiger partial charge on any atom is 0.147 e. The highest BCUT2D eigenvalue weighted by atomic mass is 32.2. The van der Waals surface area contributed by atoms with Crippen molar-refractivity contribution in [2.24, 2.45) is 0 Å². The van der Waals surface area contributed by atoms with E-state index >= 15 is 0 Å². The van der Waals surface area contributed by atoms with Crippen LogP contribution in [0.1, 0.15) is 26.0 Å². The minimum atomic E-state index is -2.86. The summed E-state index contributed by atoms with van der Waals surface area (Å²) in [5.74, 6) is 0.215. The molecule has 1 rings (SSSR count). The van der Waals surface area contributed by atoms with Crippen LogP contribution in [0.4, 0.5) is 0 Å².